The molecule has 0 amide bonds. The van der Waals surface area contributed by atoms with Crippen molar-refractivity contribution in [1.29, 1.82) is 0 Å². The first kappa shape index (κ1) is 13.8. The van der Waals surface area contributed by atoms with Crippen molar-refractivity contribution in [3.05, 3.63) is 41.5 Å². The van der Waals surface area contributed by atoms with Crippen LogP contribution in [0.15, 0.2) is 30.3 Å². The van der Waals surface area contributed by atoms with E-state index in [1.165, 1.54) is 12.8 Å². The highest BCUT2D eigenvalue weighted by atomic mass is 16.4. The number of carboxylic acids is 1. The van der Waals surface area contributed by atoms with Crippen LogP contribution in [0.5, 0.6) is 0 Å². The number of nitrogens with zero attached hydrogens (tertiary/aromatic N) is 1. The van der Waals surface area contributed by atoms with Crippen LogP contribution in [0.4, 0.5) is 0 Å². The van der Waals surface area contributed by atoms with Crippen LogP contribution in [0.25, 0.3) is 6.08 Å². The molecular weight excluding hydrogens is 242 g/mol. The van der Waals surface area contributed by atoms with Crippen molar-refractivity contribution in [3.63, 3.8) is 0 Å². The minimum absolute atomic E-state index is 0.156. The van der Waals surface area contributed by atoms with Crippen LogP contribution in [0.3, 0.4) is 0 Å². The van der Waals surface area contributed by atoms with Crippen molar-refractivity contribution in [2.45, 2.75) is 25.4 Å². The second-order valence-electron chi connectivity index (χ2n) is 4.80. The molecule has 2 rings (SSSR count). The first-order valence-corrected chi connectivity index (χ1v) is 6.54. The largest absolute Gasteiger partial charge is 0.478 e. The fraction of sp³-hybridized carbons (Fsp3) is 0.400. The molecule has 4 nitrogen and oxygen atoms in total. The average Bonchev–Trinajstić information content (AvgIpc) is 3.21. The Morgan fingerprint density at radius 1 is 1.37 bits per heavy atom. The van der Waals surface area contributed by atoms with Crippen molar-refractivity contribution >= 4 is 12.0 Å². The molecule has 0 atom stereocenters. The van der Waals surface area contributed by atoms with Gasteiger partial charge in [0.1, 0.15) is 0 Å². The summed E-state index contributed by atoms with van der Waals surface area (Å²) in [5.41, 5.74) is 2.02. The molecule has 0 spiro atoms. The fourth-order valence-corrected chi connectivity index (χ4v) is 2.18. The van der Waals surface area contributed by atoms with E-state index in [0.29, 0.717) is 12.6 Å². The van der Waals surface area contributed by atoms with E-state index in [2.05, 4.69) is 4.90 Å². The molecule has 2 N–H and O–H groups in total. The number of carbonyl (C=O) groups is 1. The van der Waals surface area contributed by atoms with Gasteiger partial charge in [0.2, 0.25) is 0 Å². The van der Waals surface area contributed by atoms with Crippen LogP contribution >= 0.6 is 0 Å². The maximum absolute atomic E-state index is 10.6. The first-order valence-electron chi connectivity index (χ1n) is 6.54. The summed E-state index contributed by atoms with van der Waals surface area (Å²) in [5.74, 6) is -0.941. The lowest BCUT2D eigenvalue weighted by Crippen LogP contribution is -2.28. The number of benzene rings is 1. The van der Waals surface area contributed by atoms with E-state index in [4.69, 9.17) is 10.2 Å². The summed E-state index contributed by atoms with van der Waals surface area (Å²) in [5, 5.41) is 17.8. The van der Waals surface area contributed by atoms with Crippen molar-refractivity contribution in [2.75, 3.05) is 13.2 Å². The molecule has 19 heavy (non-hydrogen) atoms. The van der Waals surface area contributed by atoms with E-state index in [0.717, 1.165) is 23.7 Å². The number of hydrogen-bond acceptors (Lipinski definition) is 3. The molecule has 0 radical (unpaired) electrons. The van der Waals surface area contributed by atoms with Gasteiger partial charge >= 0.3 is 5.97 Å². The summed E-state index contributed by atoms with van der Waals surface area (Å²) < 4.78 is 0. The van der Waals surface area contributed by atoms with Crippen LogP contribution in [-0.2, 0) is 11.3 Å². The predicted octanol–water partition coefficient (Wildman–Crippen LogP) is 1.74. The van der Waals surface area contributed by atoms with E-state index in [9.17, 15) is 4.79 Å². The molecule has 1 aromatic carbocycles. The smallest absolute Gasteiger partial charge is 0.328 e. The normalized spacial score (nSPS) is 15.3. The lowest BCUT2D eigenvalue weighted by Gasteiger charge is -2.21. The number of carboxylic acid groups (broad SMARTS) is 1. The summed E-state index contributed by atoms with van der Waals surface area (Å²) in [6, 6.07) is 8.35. The van der Waals surface area contributed by atoms with Gasteiger partial charge in [0.05, 0.1) is 6.61 Å². The van der Waals surface area contributed by atoms with Gasteiger partial charge < -0.3 is 10.2 Å². The van der Waals surface area contributed by atoms with Gasteiger partial charge in [-0.25, -0.2) is 4.79 Å². The van der Waals surface area contributed by atoms with Crippen LogP contribution in [0.2, 0.25) is 0 Å². The third-order valence-corrected chi connectivity index (χ3v) is 3.28. The zero-order valence-electron chi connectivity index (χ0n) is 10.8. The Bertz CT molecular complexity index is 466. The van der Waals surface area contributed by atoms with Gasteiger partial charge in [0.15, 0.2) is 0 Å². The van der Waals surface area contributed by atoms with Gasteiger partial charge in [-0.3, -0.25) is 4.90 Å². The summed E-state index contributed by atoms with van der Waals surface area (Å²) in [4.78, 5) is 12.9. The summed E-state index contributed by atoms with van der Waals surface area (Å²) in [7, 11) is 0. The number of rotatable bonds is 7. The van der Waals surface area contributed by atoms with Crippen molar-refractivity contribution < 1.29 is 15.0 Å². The minimum atomic E-state index is -0.941. The van der Waals surface area contributed by atoms with Gasteiger partial charge in [0.25, 0.3) is 0 Å². The van der Waals surface area contributed by atoms with Crippen LogP contribution in [0, 0.1) is 0 Å². The predicted molar refractivity (Wildman–Crippen MR) is 73.6 cm³/mol. The molecular formula is C15H19NO3. The second kappa shape index (κ2) is 6.50. The molecule has 0 aromatic heterocycles. The summed E-state index contributed by atoms with van der Waals surface area (Å²) in [6.45, 7) is 1.58. The molecule has 102 valence electrons. The fourth-order valence-electron chi connectivity index (χ4n) is 2.18. The van der Waals surface area contributed by atoms with E-state index in [1.807, 2.05) is 24.3 Å². The van der Waals surface area contributed by atoms with E-state index in [-0.39, 0.29) is 6.61 Å². The quantitative estimate of drug-likeness (QED) is 0.734. The molecule has 1 aromatic rings. The first-order chi connectivity index (χ1) is 9.20. The molecule has 1 aliphatic rings. The van der Waals surface area contributed by atoms with Gasteiger partial charge in [-0.15, -0.1) is 0 Å². The van der Waals surface area contributed by atoms with Gasteiger partial charge in [-0.1, -0.05) is 24.3 Å². The van der Waals surface area contributed by atoms with Gasteiger partial charge in [-0.2, -0.15) is 0 Å². The summed E-state index contributed by atoms with van der Waals surface area (Å²) >= 11 is 0. The van der Waals surface area contributed by atoms with Crippen molar-refractivity contribution in [3.8, 4) is 0 Å². The Morgan fingerprint density at radius 2 is 2.11 bits per heavy atom. The Morgan fingerprint density at radius 3 is 2.74 bits per heavy atom. The highest BCUT2D eigenvalue weighted by Gasteiger charge is 2.28. The highest BCUT2D eigenvalue weighted by molar-refractivity contribution is 5.85. The van der Waals surface area contributed by atoms with E-state index < -0.39 is 5.97 Å². The third kappa shape index (κ3) is 4.19. The maximum Gasteiger partial charge on any atom is 0.328 e. The van der Waals surface area contributed by atoms with Crippen LogP contribution in [0.1, 0.15) is 24.0 Å². The Kier molecular flexibility index (Phi) is 4.71. The Hall–Kier alpha value is -1.65. The molecule has 0 bridgehead atoms. The molecule has 0 aliphatic heterocycles. The zero-order valence-corrected chi connectivity index (χ0v) is 10.8. The highest BCUT2D eigenvalue weighted by Crippen LogP contribution is 2.28. The number of aliphatic hydroxyl groups excluding tert-OH is 1. The molecule has 0 unspecified atom stereocenters. The topological polar surface area (TPSA) is 60.8 Å². The SMILES string of the molecule is O=C(O)/C=C/c1ccccc1CN(CCO)C1CC1. The van der Waals surface area contributed by atoms with Crippen LogP contribution < -0.4 is 0 Å². The van der Waals surface area contributed by atoms with E-state index in [1.54, 1.807) is 6.08 Å². The molecule has 1 aliphatic carbocycles. The lowest BCUT2D eigenvalue weighted by molar-refractivity contribution is -0.131. The van der Waals surface area contributed by atoms with E-state index >= 15 is 0 Å². The molecule has 0 heterocycles. The lowest BCUT2D eigenvalue weighted by atomic mass is 10.1. The van der Waals surface area contributed by atoms with Crippen LogP contribution in [-0.4, -0.2) is 40.3 Å². The zero-order chi connectivity index (χ0) is 13.7. The van der Waals surface area contributed by atoms with Gasteiger partial charge in [0, 0.05) is 25.2 Å². The number of aliphatic hydroxyl groups is 1. The molecule has 1 fully saturated rings. The monoisotopic (exact) mass is 261 g/mol. The molecule has 4 heteroatoms. The average molecular weight is 261 g/mol. The molecule has 1 saturated carbocycles. The van der Waals surface area contributed by atoms with Crippen molar-refractivity contribution in [1.82, 2.24) is 4.90 Å². The summed E-state index contributed by atoms with van der Waals surface area (Å²) in [6.07, 6.45) is 5.16. The van der Waals surface area contributed by atoms with Gasteiger partial charge in [-0.05, 0) is 30.0 Å². The number of aliphatic carboxylic acids is 1. The van der Waals surface area contributed by atoms with Crippen molar-refractivity contribution in [2.24, 2.45) is 0 Å². The molecule has 0 saturated heterocycles. The Balaban J connectivity index is 2.11. The third-order valence-electron chi connectivity index (χ3n) is 3.28. The maximum atomic E-state index is 10.6. The Labute approximate surface area is 113 Å². The standard InChI is InChI=1S/C15H19NO3/c17-10-9-16(14-6-7-14)11-13-4-2-1-3-12(13)5-8-15(18)19/h1-5,8,14,17H,6-7,9-11H2,(H,18,19)/b8-5+. The minimum Gasteiger partial charge on any atom is -0.478 e. The number of hydrogen-bond donors (Lipinski definition) is 2. The second-order valence-corrected chi connectivity index (χ2v) is 4.80.